The summed E-state index contributed by atoms with van der Waals surface area (Å²) < 4.78 is 0. The lowest BCUT2D eigenvalue weighted by molar-refractivity contribution is -0.120. The molecule has 124 valence electrons. The van der Waals surface area contributed by atoms with E-state index >= 15 is 0 Å². The Hall–Kier alpha value is -2.08. The number of carbonyl (C=O) groups excluding carboxylic acids is 2. The van der Waals surface area contributed by atoms with Gasteiger partial charge in [0.1, 0.15) is 6.04 Å². The van der Waals surface area contributed by atoms with E-state index in [4.69, 9.17) is 11.6 Å². The van der Waals surface area contributed by atoms with Gasteiger partial charge in [-0.15, -0.1) is 0 Å². The zero-order chi connectivity index (χ0) is 17.1. The number of likely N-dealkylation sites (N-methyl/N-ethyl adjacent to an activating group) is 1. The Morgan fingerprint density at radius 3 is 2.87 bits per heavy atom. The standard InChI is InChI=1S/C16H21ClN4O2/c1-5-7-21-12(9-18-13(22)6-2)16(23)20(4)14-10(3)11(17)8-19-15(14)21/h6,8,12H,2,5,7,9H2,1,3-4H3,(H,18,22)/t12-/m1/s1. The molecule has 1 aromatic heterocycles. The van der Waals surface area contributed by atoms with Crippen molar-refractivity contribution in [1.29, 1.82) is 0 Å². The Morgan fingerprint density at radius 2 is 2.26 bits per heavy atom. The van der Waals surface area contributed by atoms with Gasteiger partial charge in [-0.05, 0) is 25.0 Å². The highest BCUT2D eigenvalue weighted by atomic mass is 35.5. The highest BCUT2D eigenvalue weighted by molar-refractivity contribution is 6.32. The van der Waals surface area contributed by atoms with E-state index in [2.05, 4.69) is 16.9 Å². The van der Waals surface area contributed by atoms with Crippen LogP contribution in [0.15, 0.2) is 18.9 Å². The number of nitrogens with one attached hydrogen (secondary N) is 1. The van der Waals surface area contributed by atoms with Gasteiger partial charge in [-0.3, -0.25) is 9.59 Å². The van der Waals surface area contributed by atoms with E-state index in [9.17, 15) is 9.59 Å². The molecule has 0 spiro atoms. The highest BCUT2D eigenvalue weighted by Gasteiger charge is 2.38. The number of rotatable bonds is 5. The van der Waals surface area contributed by atoms with Crippen molar-refractivity contribution in [3.05, 3.63) is 29.4 Å². The maximum Gasteiger partial charge on any atom is 0.251 e. The summed E-state index contributed by atoms with van der Waals surface area (Å²) in [5.74, 6) is 0.319. The minimum atomic E-state index is -0.496. The Labute approximate surface area is 141 Å². The molecule has 2 rings (SSSR count). The summed E-state index contributed by atoms with van der Waals surface area (Å²) in [5, 5.41) is 3.22. The summed E-state index contributed by atoms with van der Waals surface area (Å²) in [5.41, 5.74) is 1.55. The fraction of sp³-hybridized carbons (Fsp3) is 0.438. The molecule has 0 aliphatic carbocycles. The number of aromatic nitrogens is 1. The van der Waals surface area contributed by atoms with Gasteiger partial charge in [0.2, 0.25) is 5.91 Å². The van der Waals surface area contributed by atoms with Crippen LogP contribution in [-0.2, 0) is 9.59 Å². The molecule has 1 aliphatic heterocycles. The first-order valence-corrected chi connectivity index (χ1v) is 7.89. The first-order valence-electron chi connectivity index (χ1n) is 7.51. The zero-order valence-corrected chi connectivity index (χ0v) is 14.4. The van der Waals surface area contributed by atoms with E-state index in [1.165, 1.54) is 6.08 Å². The van der Waals surface area contributed by atoms with Crippen LogP contribution in [0.4, 0.5) is 11.5 Å². The van der Waals surface area contributed by atoms with Crippen LogP contribution in [0.3, 0.4) is 0 Å². The number of carbonyl (C=O) groups is 2. The number of amides is 2. The topological polar surface area (TPSA) is 65.5 Å². The minimum Gasteiger partial charge on any atom is -0.350 e. The first kappa shape index (κ1) is 17.3. The number of pyridine rings is 1. The summed E-state index contributed by atoms with van der Waals surface area (Å²) >= 11 is 6.15. The minimum absolute atomic E-state index is 0.0949. The fourth-order valence-electron chi connectivity index (χ4n) is 2.75. The molecule has 0 fully saturated rings. The molecule has 1 N–H and O–H groups in total. The monoisotopic (exact) mass is 336 g/mol. The van der Waals surface area contributed by atoms with Crippen molar-refractivity contribution >= 4 is 34.9 Å². The Kier molecular flexibility index (Phi) is 5.26. The largest absolute Gasteiger partial charge is 0.350 e. The molecule has 0 saturated carbocycles. The number of hydrogen-bond donors (Lipinski definition) is 1. The molecule has 0 saturated heterocycles. The van der Waals surface area contributed by atoms with Crippen molar-refractivity contribution in [2.75, 3.05) is 29.9 Å². The smallest absolute Gasteiger partial charge is 0.251 e. The number of nitrogens with zero attached hydrogens (tertiary/aromatic N) is 3. The molecule has 1 aromatic rings. The van der Waals surface area contributed by atoms with Crippen LogP contribution in [0.2, 0.25) is 5.02 Å². The van der Waals surface area contributed by atoms with E-state index in [1.807, 2.05) is 18.7 Å². The second kappa shape index (κ2) is 7.00. The molecule has 7 heteroatoms. The van der Waals surface area contributed by atoms with Gasteiger partial charge in [0.05, 0.1) is 10.7 Å². The van der Waals surface area contributed by atoms with E-state index in [0.717, 1.165) is 17.7 Å². The molecular formula is C16H21ClN4O2. The predicted octanol–water partition coefficient (Wildman–Crippen LogP) is 1.91. The lowest BCUT2D eigenvalue weighted by Gasteiger charge is -2.41. The van der Waals surface area contributed by atoms with Crippen LogP contribution in [0.25, 0.3) is 0 Å². The SMILES string of the molecule is C=CC(=O)NC[C@@H]1C(=O)N(C)c2c(ncc(Cl)c2C)N1CCC. The quantitative estimate of drug-likeness (QED) is 0.834. The van der Waals surface area contributed by atoms with Crippen LogP contribution in [0.5, 0.6) is 0 Å². The number of hydrogen-bond acceptors (Lipinski definition) is 4. The third-order valence-corrected chi connectivity index (χ3v) is 4.33. The lowest BCUT2D eigenvalue weighted by Crippen LogP contribution is -2.57. The summed E-state index contributed by atoms with van der Waals surface area (Å²) in [7, 11) is 1.71. The van der Waals surface area contributed by atoms with Crippen molar-refractivity contribution in [1.82, 2.24) is 10.3 Å². The van der Waals surface area contributed by atoms with Crippen LogP contribution in [-0.4, -0.2) is 43.0 Å². The molecule has 0 aromatic carbocycles. The molecular weight excluding hydrogens is 316 g/mol. The maximum absolute atomic E-state index is 12.8. The van der Waals surface area contributed by atoms with Gasteiger partial charge in [0.25, 0.3) is 5.91 Å². The second-order valence-corrected chi connectivity index (χ2v) is 5.87. The van der Waals surface area contributed by atoms with Gasteiger partial charge in [-0.25, -0.2) is 4.98 Å². The van der Waals surface area contributed by atoms with Crippen molar-refractivity contribution in [3.8, 4) is 0 Å². The normalized spacial score (nSPS) is 17.0. The van der Waals surface area contributed by atoms with Gasteiger partial charge in [0.15, 0.2) is 5.82 Å². The third-order valence-electron chi connectivity index (χ3n) is 3.94. The van der Waals surface area contributed by atoms with Crippen LogP contribution in [0, 0.1) is 6.92 Å². The Bertz CT molecular complexity index is 647. The maximum atomic E-state index is 12.8. The number of anilines is 2. The van der Waals surface area contributed by atoms with Crippen LogP contribution in [0.1, 0.15) is 18.9 Å². The summed E-state index contributed by atoms with van der Waals surface area (Å²) in [6.07, 6.45) is 3.64. The second-order valence-electron chi connectivity index (χ2n) is 5.46. The first-order chi connectivity index (χ1) is 10.9. The van der Waals surface area contributed by atoms with Crippen molar-refractivity contribution in [2.45, 2.75) is 26.3 Å². The zero-order valence-electron chi connectivity index (χ0n) is 13.6. The van der Waals surface area contributed by atoms with Gasteiger partial charge in [0, 0.05) is 26.3 Å². The van der Waals surface area contributed by atoms with Crippen LogP contribution < -0.4 is 15.1 Å². The van der Waals surface area contributed by atoms with Crippen molar-refractivity contribution < 1.29 is 9.59 Å². The van der Waals surface area contributed by atoms with Crippen LogP contribution >= 0.6 is 11.6 Å². The molecule has 2 heterocycles. The average Bonchev–Trinajstić information content (AvgIpc) is 2.54. The van der Waals surface area contributed by atoms with Crippen molar-refractivity contribution in [3.63, 3.8) is 0 Å². The van der Waals surface area contributed by atoms with Gasteiger partial charge >= 0.3 is 0 Å². The van der Waals surface area contributed by atoms with E-state index in [-0.39, 0.29) is 18.4 Å². The Balaban J connectivity index is 2.44. The van der Waals surface area contributed by atoms with Gasteiger partial charge in [-0.2, -0.15) is 0 Å². The van der Waals surface area contributed by atoms with E-state index in [0.29, 0.717) is 17.4 Å². The summed E-state index contributed by atoms with van der Waals surface area (Å²) in [4.78, 5) is 32.2. The third kappa shape index (κ3) is 3.17. The molecule has 2 amide bonds. The van der Waals surface area contributed by atoms with Gasteiger partial charge < -0.3 is 15.1 Å². The Morgan fingerprint density at radius 1 is 1.57 bits per heavy atom. The highest BCUT2D eigenvalue weighted by Crippen LogP contribution is 2.38. The predicted molar refractivity (Wildman–Crippen MR) is 92.0 cm³/mol. The molecule has 0 bridgehead atoms. The summed E-state index contributed by atoms with van der Waals surface area (Å²) in [6, 6.07) is -0.496. The molecule has 1 atom stereocenters. The molecule has 23 heavy (non-hydrogen) atoms. The number of halogens is 1. The van der Waals surface area contributed by atoms with Crippen molar-refractivity contribution in [2.24, 2.45) is 0 Å². The number of fused-ring (bicyclic) bond motifs is 1. The molecule has 6 nitrogen and oxygen atoms in total. The molecule has 1 aliphatic rings. The molecule has 0 unspecified atom stereocenters. The van der Waals surface area contributed by atoms with Gasteiger partial charge in [-0.1, -0.05) is 25.1 Å². The average molecular weight is 337 g/mol. The van der Waals surface area contributed by atoms with E-state index in [1.54, 1.807) is 18.1 Å². The lowest BCUT2D eigenvalue weighted by atomic mass is 10.1. The van der Waals surface area contributed by atoms with E-state index < -0.39 is 6.04 Å². The summed E-state index contributed by atoms with van der Waals surface area (Å²) in [6.45, 7) is 8.19. The fourth-order valence-corrected chi connectivity index (χ4v) is 2.89. The molecule has 0 radical (unpaired) electrons.